The normalized spacial score (nSPS) is 11.9. The van der Waals surface area contributed by atoms with Gasteiger partial charge in [0.2, 0.25) is 21.8 Å². The first-order valence-electron chi connectivity index (χ1n) is 11.8. The molecule has 0 saturated carbocycles. The average molecular weight is 547 g/mol. The number of methoxy groups -OCH3 is 2. The van der Waals surface area contributed by atoms with Crippen LogP contribution in [0.4, 0.5) is 5.95 Å². The predicted octanol–water partition coefficient (Wildman–Crippen LogP) is 3.57. The molecule has 0 radical (unpaired) electrons. The van der Waals surface area contributed by atoms with Crippen molar-refractivity contribution in [3.8, 4) is 28.8 Å². The van der Waals surface area contributed by atoms with Gasteiger partial charge in [0, 0.05) is 26.8 Å². The van der Waals surface area contributed by atoms with E-state index in [9.17, 15) is 8.42 Å². The van der Waals surface area contributed by atoms with Crippen molar-refractivity contribution in [2.24, 2.45) is 0 Å². The Balaban J connectivity index is 0.00000127. The topological polar surface area (TPSA) is 154 Å². The molecule has 0 amide bonds. The van der Waals surface area contributed by atoms with E-state index in [1.54, 1.807) is 63.5 Å². The average Bonchev–Trinajstić information content (AvgIpc) is 3.50. The van der Waals surface area contributed by atoms with Crippen molar-refractivity contribution in [3.05, 3.63) is 59.9 Å². The quantitative estimate of drug-likeness (QED) is 0.318. The smallest absolute Gasteiger partial charge is 0.243 e. The van der Waals surface area contributed by atoms with Crippen LogP contribution in [0, 0.1) is 13.8 Å². The molecule has 0 aliphatic rings. The van der Waals surface area contributed by atoms with Crippen molar-refractivity contribution >= 4 is 16.0 Å². The summed E-state index contributed by atoms with van der Waals surface area (Å²) < 4.78 is 47.5. The number of sulfonamides is 1. The zero-order chi connectivity index (χ0) is 27.9. The van der Waals surface area contributed by atoms with E-state index >= 15 is 0 Å². The minimum Gasteiger partial charge on any atom is -0.494 e. The van der Waals surface area contributed by atoms with Crippen LogP contribution in [0.2, 0.25) is 0 Å². The van der Waals surface area contributed by atoms with Gasteiger partial charge >= 0.3 is 0 Å². The van der Waals surface area contributed by atoms with Gasteiger partial charge in [-0.15, -0.1) is 10.2 Å². The van der Waals surface area contributed by atoms with Crippen molar-refractivity contribution in [3.63, 3.8) is 0 Å². The molecule has 0 aliphatic carbocycles. The van der Waals surface area contributed by atoms with Crippen LogP contribution in [0.1, 0.15) is 32.4 Å². The molecular formula is C25H34N6O6S. The first-order chi connectivity index (χ1) is 18.1. The Kier molecular flexibility index (Phi) is 9.42. The lowest BCUT2D eigenvalue weighted by molar-refractivity contribution is 0.318. The number of hydrogen-bond donors (Lipinski definition) is 2. The van der Waals surface area contributed by atoms with Gasteiger partial charge in [-0.3, -0.25) is 9.29 Å². The van der Waals surface area contributed by atoms with Gasteiger partial charge in [0.15, 0.2) is 5.76 Å². The summed E-state index contributed by atoms with van der Waals surface area (Å²) in [6.45, 7) is 7.17. The van der Waals surface area contributed by atoms with Crippen molar-refractivity contribution < 1.29 is 28.8 Å². The summed E-state index contributed by atoms with van der Waals surface area (Å²) in [4.78, 5) is 8.43. The lowest BCUT2D eigenvalue weighted by Crippen LogP contribution is -2.29. The molecule has 0 spiro atoms. The number of rotatable bonds is 9. The summed E-state index contributed by atoms with van der Waals surface area (Å²) in [5, 5.41) is 15.1. The second kappa shape index (κ2) is 12.5. The molecule has 12 nitrogen and oxygen atoms in total. The zero-order valence-corrected chi connectivity index (χ0v) is 23.0. The van der Waals surface area contributed by atoms with Crippen LogP contribution < -0.4 is 14.2 Å². The van der Waals surface area contributed by atoms with E-state index in [0.29, 0.717) is 34.5 Å². The van der Waals surface area contributed by atoms with E-state index in [0.717, 1.165) is 5.56 Å². The minimum absolute atomic E-state index is 0. The van der Waals surface area contributed by atoms with Crippen molar-refractivity contribution in [1.82, 2.24) is 24.7 Å². The molecule has 206 valence electrons. The molecule has 0 bridgehead atoms. The number of hydrogen-bond acceptors (Lipinski definition) is 10. The molecule has 4 rings (SSSR count). The number of nitrogens with zero attached hydrogens (tertiary/aromatic N) is 5. The Labute approximate surface area is 223 Å². The van der Waals surface area contributed by atoms with Crippen LogP contribution in [0.5, 0.6) is 11.5 Å². The fourth-order valence-corrected chi connectivity index (χ4v) is 4.40. The standard InChI is InChI=1S/C23H26N6O5S.C2H6O.H2/c1-14-12-24-20(25-13-14)11-16(3)35(30,31)28-23-27-26-22(19-10-9-15(2)34-19)29(23)21-17(32-4)7-6-8-18(21)33-5;1-2-3;/h6-10,12-13,16H,11H2,1-5H3,(H,27,28);3H,2H2,1H3;1H/t16-;;/m0../s1. The Morgan fingerprint density at radius 3 is 2.21 bits per heavy atom. The van der Waals surface area contributed by atoms with E-state index in [1.165, 1.54) is 18.8 Å². The van der Waals surface area contributed by atoms with Gasteiger partial charge in [-0.1, -0.05) is 6.07 Å². The maximum atomic E-state index is 13.3. The number of aryl methyl sites for hydroxylation is 2. The third kappa shape index (κ3) is 6.47. The summed E-state index contributed by atoms with van der Waals surface area (Å²) in [6, 6.07) is 8.72. The molecule has 1 atom stereocenters. The fraction of sp³-hybridized carbons (Fsp3) is 0.360. The monoisotopic (exact) mass is 546 g/mol. The summed E-state index contributed by atoms with van der Waals surface area (Å²) in [6.07, 6.45) is 3.42. The molecule has 0 fully saturated rings. The molecule has 4 aromatic rings. The lowest BCUT2D eigenvalue weighted by Gasteiger charge is -2.18. The summed E-state index contributed by atoms with van der Waals surface area (Å²) in [5.74, 6) is 2.56. The van der Waals surface area contributed by atoms with Crippen LogP contribution in [-0.2, 0) is 16.4 Å². The number of furan rings is 1. The Bertz CT molecular complexity index is 1430. The first kappa shape index (κ1) is 28.6. The number of para-hydroxylation sites is 1. The lowest BCUT2D eigenvalue weighted by atomic mass is 10.2. The SMILES string of the molecule is CCO.COc1cccc(OC)c1-n1c(NS(=O)(=O)[C@@H](C)Cc2ncc(C)cn2)nnc1-c1ccc(C)o1.[HH]. The number of anilines is 1. The maximum absolute atomic E-state index is 13.3. The van der Waals surface area contributed by atoms with Crippen LogP contribution in [0.15, 0.2) is 47.1 Å². The number of ether oxygens (including phenoxy) is 2. The van der Waals surface area contributed by atoms with Crippen molar-refractivity contribution in [2.75, 3.05) is 25.5 Å². The first-order valence-corrected chi connectivity index (χ1v) is 13.3. The Morgan fingerprint density at radius 2 is 1.68 bits per heavy atom. The highest BCUT2D eigenvalue weighted by molar-refractivity contribution is 7.93. The summed E-state index contributed by atoms with van der Waals surface area (Å²) >= 11 is 0. The predicted molar refractivity (Wildman–Crippen MR) is 144 cm³/mol. The molecular weight excluding hydrogens is 512 g/mol. The van der Waals surface area contributed by atoms with Crippen LogP contribution >= 0.6 is 0 Å². The van der Waals surface area contributed by atoms with Crippen LogP contribution in [0.3, 0.4) is 0 Å². The Hall–Kier alpha value is -3.97. The molecule has 0 saturated heterocycles. The minimum atomic E-state index is -3.92. The van der Waals surface area contributed by atoms with Gasteiger partial charge < -0.3 is 19.0 Å². The van der Waals surface area contributed by atoms with Gasteiger partial charge in [0.05, 0.1) is 19.5 Å². The third-order valence-electron chi connectivity index (χ3n) is 5.32. The highest BCUT2D eigenvalue weighted by atomic mass is 32.2. The van der Waals surface area contributed by atoms with E-state index < -0.39 is 15.3 Å². The van der Waals surface area contributed by atoms with E-state index in [2.05, 4.69) is 24.9 Å². The van der Waals surface area contributed by atoms with Crippen LogP contribution in [0.25, 0.3) is 17.3 Å². The van der Waals surface area contributed by atoms with E-state index in [4.69, 9.17) is 19.0 Å². The van der Waals surface area contributed by atoms with E-state index in [1.807, 2.05) is 6.92 Å². The third-order valence-corrected chi connectivity index (χ3v) is 7.01. The maximum Gasteiger partial charge on any atom is 0.243 e. The Morgan fingerprint density at radius 1 is 1.08 bits per heavy atom. The molecule has 13 heteroatoms. The molecule has 3 heterocycles. The molecule has 38 heavy (non-hydrogen) atoms. The number of aliphatic hydroxyl groups is 1. The highest BCUT2D eigenvalue weighted by Gasteiger charge is 2.29. The van der Waals surface area contributed by atoms with Gasteiger partial charge in [-0.2, -0.15) is 0 Å². The van der Waals surface area contributed by atoms with Gasteiger partial charge in [-0.05, 0) is 57.5 Å². The zero-order valence-electron chi connectivity index (χ0n) is 22.2. The summed E-state index contributed by atoms with van der Waals surface area (Å²) in [7, 11) is -0.907. The summed E-state index contributed by atoms with van der Waals surface area (Å²) in [5.41, 5.74) is 1.31. The van der Waals surface area contributed by atoms with Crippen molar-refractivity contribution in [1.29, 1.82) is 0 Å². The van der Waals surface area contributed by atoms with Crippen LogP contribution in [-0.4, -0.2) is 64.3 Å². The second-order valence-electron chi connectivity index (χ2n) is 8.26. The molecule has 2 N–H and O–H groups in total. The fourth-order valence-electron chi connectivity index (χ4n) is 3.45. The number of aliphatic hydroxyl groups excluding tert-OH is 1. The highest BCUT2D eigenvalue weighted by Crippen LogP contribution is 2.38. The molecule has 3 aromatic heterocycles. The number of aromatic nitrogens is 5. The van der Waals surface area contributed by atoms with Gasteiger partial charge in [-0.25, -0.2) is 18.4 Å². The molecule has 0 aliphatic heterocycles. The number of nitrogens with one attached hydrogen (secondary N) is 1. The largest absolute Gasteiger partial charge is 0.494 e. The van der Waals surface area contributed by atoms with E-state index in [-0.39, 0.29) is 26.2 Å². The van der Waals surface area contributed by atoms with Crippen molar-refractivity contribution in [2.45, 2.75) is 39.4 Å². The second-order valence-corrected chi connectivity index (χ2v) is 10.4. The molecule has 0 unspecified atom stereocenters. The van der Waals surface area contributed by atoms with Gasteiger partial charge in [0.1, 0.15) is 28.8 Å². The van der Waals surface area contributed by atoms with Gasteiger partial charge in [0.25, 0.3) is 0 Å². The number of benzene rings is 1. The molecule has 1 aromatic carbocycles.